The molecule has 0 fully saturated rings. The van der Waals surface area contributed by atoms with Gasteiger partial charge in [-0.15, -0.1) is 0 Å². The van der Waals surface area contributed by atoms with Gasteiger partial charge in [-0.3, -0.25) is 0 Å². The van der Waals surface area contributed by atoms with Crippen LogP contribution in [0.5, 0.6) is 0 Å². The summed E-state index contributed by atoms with van der Waals surface area (Å²) in [5.74, 6) is -4.93. The van der Waals surface area contributed by atoms with Crippen molar-refractivity contribution in [2.24, 2.45) is 0 Å². The number of halogens is 5. The van der Waals surface area contributed by atoms with Gasteiger partial charge in [0.2, 0.25) is 0 Å². The topological polar surface area (TPSA) is 26.3 Å². The van der Waals surface area contributed by atoms with Gasteiger partial charge in [-0.25, -0.2) is 0 Å². The predicted octanol–water partition coefficient (Wildman–Crippen LogP) is 1.72. The Morgan fingerprint density at radius 2 is 1.69 bits per heavy atom. The zero-order valence-corrected chi connectivity index (χ0v) is 9.64. The van der Waals surface area contributed by atoms with Crippen molar-refractivity contribution in [3.63, 3.8) is 0 Å². The van der Waals surface area contributed by atoms with Crippen LogP contribution in [0.25, 0.3) is 0 Å². The van der Waals surface area contributed by atoms with Gasteiger partial charge in [-0.05, 0) is 0 Å². The van der Waals surface area contributed by atoms with E-state index in [1.54, 1.807) is 0 Å². The van der Waals surface area contributed by atoms with Crippen molar-refractivity contribution in [1.29, 1.82) is 0 Å². The van der Waals surface area contributed by atoms with Gasteiger partial charge in [0.1, 0.15) is 0 Å². The number of hydrogen-bond donors (Lipinski definition) is 0. The zero-order chi connectivity index (χ0) is 10.9. The summed E-state index contributed by atoms with van der Waals surface area (Å²) in [7, 11) is 0.634. The summed E-state index contributed by atoms with van der Waals surface area (Å²) in [6.07, 6.45) is -3.07. The summed E-state index contributed by atoms with van der Waals surface area (Å²) in [6.45, 7) is 0.278. The van der Waals surface area contributed by atoms with E-state index in [9.17, 15) is 25.0 Å². The molecule has 1 atom stereocenters. The Labute approximate surface area is 78.7 Å². The molecule has 0 amide bonds. The monoisotopic (exact) mass is 314 g/mol. The second-order valence-electron chi connectivity index (χ2n) is 2.30. The second-order valence-corrected chi connectivity index (χ2v) is 6.90. The molecule has 0 aromatic heterocycles. The molecule has 0 N–H and O–H groups in total. The first-order chi connectivity index (χ1) is 5.67. The molecule has 0 radical (unpaired) electrons. The van der Waals surface area contributed by atoms with Gasteiger partial charge in [0.15, 0.2) is 0 Å². The Balaban J connectivity index is 4.91. The standard InChI is InChI=1S/C4H4F5.CH3O.O.Sn/c1-2(5)4(8,9)3(6)7;1-2;;/h2H,1H3;1H3;;/q;-1;;+1. The van der Waals surface area contributed by atoms with Crippen LogP contribution in [0, 0.1) is 0 Å². The van der Waals surface area contributed by atoms with Crippen LogP contribution in [-0.2, 0) is 6.15 Å². The van der Waals surface area contributed by atoms with Crippen LogP contribution in [0.2, 0.25) is 0 Å². The summed E-state index contributed by atoms with van der Waals surface area (Å²) in [6, 6.07) is 0. The average molecular weight is 313 g/mol. The summed E-state index contributed by atoms with van der Waals surface area (Å²) in [5, 5.41) is 0. The zero-order valence-electron chi connectivity index (χ0n) is 6.78. The van der Waals surface area contributed by atoms with Crippen molar-refractivity contribution < 1.29 is 28.1 Å². The molecular formula is C5H7F5O2Sn. The molecule has 0 aromatic carbocycles. The first kappa shape index (κ1) is 13.2. The molecule has 1 unspecified atom stereocenters. The molecule has 0 aliphatic heterocycles. The van der Waals surface area contributed by atoms with Gasteiger partial charge < -0.3 is 0 Å². The third-order valence-corrected chi connectivity index (χ3v) is 4.83. The fourth-order valence-electron chi connectivity index (χ4n) is 0.514. The van der Waals surface area contributed by atoms with E-state index in [0.717, 1.165) is 0 Å². The van der Waals surface area contributed by atoms with Gasteiger partial charge >= 0.3 is 78.3 Å². The third kappa shape index (κ3) is 2.36. The van der Waals surface area contributed by atoms with Crippen LogP contribution in [0.15, 0.2) is 0 Å². The molecule has 0 rings (SSSR count). The minimum absolute atomic E-state index is 0.278. The predicted molar refractivity (Wildman–Crippen MR) is 33.9 cm³/mol. The second kappa shape index (κ2) is 4.16. The number of rotatable bonds is 4. The SMILES string of the molecule is C[O][Sn](=[O])[C](F)(F)C(F)(F)C(C)F. The average Bonchev–Trinajstić information content (AvgIpc) is 2.02. The molecule has 0 aliphatic carbocycles. The molecule has 0 aliphatic rings. The number of alkyl halides is 5. The van der Waals surface area contributed by atoms with E-state index in [2.05, 4.69) is 3.07 Å². The Bertz CT molecular complexity index is 205. The number of hydrogen-bond acceptors (Lipinski definition) is 2. The quantitative estimate of drug-likeness (QED) is 0.584. The van der Waals surface area contributed by atoms with E-state index < -0.39 is 36.2 Å². The van der Waals surface area contributed by atoms with Crippen molar-refractivity contribution in [3.05, 3.63) is 0 Å². The molecule has 0 saturated heterocycles. The maximum absolute atomic E-state index is 12.5. The Kier molecular flexibility index (Phi) is 4.22. The van der Waals surface area contributed by atoms with Crippen molar-refractivity contribution in [1.82, 2.24) is 0 Å². The normalized spacial score (nSPS) is 15.6. The third-order valence-electron chi connectivity index (χ3n) is 1.36. The Morgan fingerprint density at radius 3 is 1.92 bits per heavy atom. The van der Waals surface area contributed by atoms with E-state index in [4.69, 9.17) is 0 Å². The molecule has 78 valence electrons. The van der Waals surface area contributed by atoms with Crippen molar-refractivity contribution in [3.8, 4) is 0 Å². The maximum atomic E-state index is 12.5. The molecule has 0 heterocycles. The fraction of sp³-hybridized carbons (Fsp3) is 1.00. The molecule has 0 spiro atoms. The van der Waals surface area contributed by atoms with E-state index in [-0.39, 0.29) is 6.92 Å². The van der Waals surface area contributed by atoms with Gasteiger partial charge in [0.25, 0.3) is 0 Å². The van der Waals surface area contributed by atoms with E-state index in [1.165, 1.54) is 0 Å². The first-order valence-corrected chi connectivity index (χ1v) is 6.91. The van der Waals surface area contributed by atoms with Crippen LogP contribution in [-0.4, -0.2) is 43.3 Å². The molecular weight excluding hydrogens is 306 g/mol. The van der Waals surface area contributed by atoms with Gasteiger partial charge in [0.05, 0.1) is 0 Å². The van der Waals surface area contributed by atoms with Crippen LogP contribution in [0.4, 0.5) is 22.0 Å². The molecule has 2 nitrogen and oxygen atoms in total. The van der Waals surface area contributed by atoms with E-state index >= 15 is 0 Å². The summed E-state index contributed by atoms with van der Waals surface area (Å²) < 4.78 is 71.2. The van der Waals surface area contributed by atoms with Crippen molar-refractivity contribution in [2.45, 2.75) is 23.0 Å². The van der Waals surface area contributed by atoms with E-state index in [0.29, 0.717) is 7.11 Å². The van der Waals surface area contributed by atoms with Crippen LogP contribution in [0.3, 0.4) is 0 Å². The van der Waals surface area contributed by atoms with Crippen molar-refractivity contribution >= 4 is 20.2 Å². The van der Waals surface area contributed by atoms with Crippen LogP contribution in [0.1, 0.15) is 6.92 Å². The first-order valence-electron chi connectivity index (χ1n) is 3.16. The van der Waals surface area contributed by atoms with Gasteiger partial charge in [-0.2, -0.15) is 0 Å². The minimum atomic E-state index is -5.21. The molecule has 0 aromatic rings. The van der Waals surface area contributed by atoms with Crippen LogP contribution < -0.4 is 0 Å². The van der Waals surface area contributed by atoms with Gasteiger partial charge in [0, 0.05) is 0 Å². The molecule has 0 bridgehead atoms. The molecule has 8 heteroatoms. The molecule has 13 heavy (non-hydrogen) atoms. The fourth-order valence-corrected chi connectivity index (χ4v) is 2.59. The molecule has 0 saturated carbocycles. The van der Waals surface area contributed by atoms with Crippen LogP contribution >= 0.6 is 0 Å². The Hall–Kier alpha value is 0.209. The summed E-state index contributed by atoms with van der Waals surface area (Å²) in [5.41, 5.74) is 0. The summed E-state index contributed by atoms with van der Waals surface area (Å²) >= 11 is -5.21. The van der Waals surface area contributed by atoms with Crippen molar-refractivity contribution in [2.75, 3.05) is 7.11 Å². The summed E-state index contributed by atoms with van der Waals surface area (Å²) in [4.78, 5) is 0. The van der Waals surface area contributed by atoms with Gasteiger partial charge in [-0.1, -0.05) is 0 Å². The Morgan fingerprint density at radius 1 is 1.31 bits per heavy atom. The van der Waals surface area contributed by atoms with E-state index in [1.807, 2.05) is 0 Å².